The number of anilines is 1. The summed E-state index contributed by atoms with van der Waals surface area (Å²) in [5, 5.41) is 3.24. The quantitative estimate of drug-likeness (QED) is 0.668. The Hall–Kier alpha value is -2.41. The molecule has 1 aliphatic rings. The summed E-state index contributed by atoms with van der Waals surface area (Å²) in [6.07, 6.45) is 2.24. The number of alkyl halides is 2. The maximum atomic E-state index is 14.4. The fourth-order valence-electron chi connectivity index (χ4n) is 3.43. The van der Waals surface area contributed by atoms with Crippen molar-refractivity contribution in [3.8, 4) is 11.5 Å². The molecule has 1 aliphatic heterocycles. The normalized spacial score (nSPS) is 14.0. The van der Waals surface area contributed by atoms with Gasteiger partial charge in [0, 0.05) is 37.4 Å². The highest BCUT2D eigenvalue weighted by Gasteiger charge is 2.18. The first kappa shape index (κ1) is 20.3. The van der Waals surface area contributed by atoms with Crippen LogP contribution in [0.3, 0.4) is 0 Å². The van der Waals surface area contributed by atoms with Crippen molar-refractivity contribution in [1.82, 2.24) is 5.32 Å². The van der Waals surface area contributed by atoms with Crippen LogP contribution in [0.5, 0.6) is 11.5 Å². The number of halogens is 3. The molecule has 0 atom stereocenters. The zero-order chi connectivity index (χ0) is 19.9. The Labute approximate surface area is 163 Å². The summed E-state index contributed by atoms with van der Waals surface area (Å²) in [4.78, 5) is 2.21. The summed E-state index contributed by atoms with van der Waals surface area (Å²) in [6, 6.07) is 9.98. The lowest BCUT2D eigenvalue weighted by Gasteiger charge is -2.22. The van der Waals surface area contributed by atoms with Crippen LogP contribution in [0.2, 0.25) is 0 Å². The van der Waals surface area contributed by atoms with E-state index in [0.717, 1.165) is 37.2 Å². The molecule has 28 heavy (non-hydrogen) atoms. The SMILES string of the molecule is CCOc1cc(CNCc2c(F)cccc2N2CCCC2)ccc1OC(F)F. The summed E-state index contributed by atoms with van der Waals surface area (Å²) < 4.78 is 49.3. The van der Waals surface area contributed by atoms with Crippen molar-refractivity contribution < 1.29 is 22.6 Å². The minimum absolute atomic E-state index is 0.00558. The topological polar surface area (TPSA) is 33.7 Å². The van der Waals surface area contributed by atoms with Gasteiger partial charge in [0.25, 0.3) is 0 Å². The third-order valence-electron chi connectivity index (χ3n) is 4.70. The highest BCUT2D eigenvalue weighted by atomic mass is 19.3. The van der Waals surface area contributed by atoms with Gasteiger partial charge in [-0.05, 0) is 49.6 Å². The van der Waals surface area contributed by atoms with Gasteiger partial charge in [0.1, 0.15) is 5.82 Å². The van der Waals surface area contributed by atoms with E-state index in [1.165, 1.54) is 12.1 Å². The van der Waals surface area contributed by atoms with Crippen LogP contribution in [-0.2, 0) is 13.1 Å². The molecule has 7 heteroatoms. The molecule has 0 aromatic heterocycles. The predicted octanol–water partition coefficient (Wildman–Crippen LogP) is 4.72. The Bertz CT molecular complexity index is 780. The maximum Gasteiger partial charge on any atom is 0.387 e. The molecule has 0 aliphatic carbocycles. The third-order valence-corrected chi connectivity index (χ3v) is 4.70. The van der Waals surface area contributed by atoms with Crippen molar-refractivity contribution in [1.29, 1.82) is 0 Å². The highest BCUT2D eigenvalue weighted by molar-refractivity contribution is 5.55. The van der Waals surface area contributed by atoms with Gasteiger partial charge in [-0.1, -0.05) is 12.1 Å². The fourth-order valence-corrected chi connectivity index (χ4v) is 3.43. The van der Waals surface area contributed by atoms with Crippen molar-refractivity contribution in [2.75, 3.05) is 24.6 Å². The van der Waals surface area contributed by atoms with Gasteiger partial charge in [-0.15, -0.1) is 0 Å². The Morgan fingerprint density at radius 1 is 1.07 bits per heavy atom. The molecule has 1 fully saturated rings. The standard InChI is InChI=1S/C21H25F3N2O2/c1-2-27-20-12-15(8-9-19(20)28-21(23)24)13-25-14-16-17(22)6-5-7-18(16)26-10-3-4-11-26/h5-9,12,21,25H,2-4,10-11,13-14H2,1H3. The minimum atomic E-state index is -2.91. The lowest BCUT2D eigenvalue weighted by Crippen LogP contribution is -2.22. The van der Waals surface area contributed by atoms with Gasteiger partial charge >= 0.3 is 6.61 Å². The summed E-state index contributed by atoms with van der Waals surface area (Å²) >= 11 is 0. The highest BCUT2D eigenvalue weighted by Crippen LogP contribution is 2.30. The van der Waals surface area contributed by atoms with Crippen LogP contribution in [0, 0.1) is 5.82 Å². The van der Waals surface area contributed by atoms with Gasteiger partial charge in [-0.3, -0.25) is 0 Å². The second-order valence-corrected chi connectivity index (χ2v) is 6.63. The van der Waals surface area contributed by atoms with Gasteiger partial charge < -0.3 is 19.7 Å². The average molecular weight is 394 g/mol. The second-order valence-electron chi connectivity index (χ2n) is 6.63. The Kier molecular flexibility index (Phi) is 7.03. The minimum Gasteiger partial charge on any atom is -0.490 e. The van der Waals surface area contributed by atoms with Crippen LogP contribution in [0.15, 0.2) is 36.4 Å². The Morgan fingerprint density at radius 2 is 1.86 bits per heavy atom. The molecule has 2 aromatic rings. The second kappa shape index (κ2) is 9.68. The number of benzene rings is 2. The molecule has 0 unspecified atom stereocenters. The van der Waals surface area contributed by atoms with Crippen molar-refractivity contribution in [2.45, 2.75) is 39.5 Å². The summed E-state index contributed by atoms with van der Waals surface area (Å²) in [6.45, 7) is 1.91. The molecule has 0 spiro atoms. The van der Waals surface area contributed by atoms with Crippen LogP contribution < -0.4 is 19.7 Å². The van der Waals surface area contributed by atoms with Gasteiger partial charge in [0.15, 0.2) is 11.5 Å². The van der Waals surface area contributed by atoms with E-state index in [4.69, 9.17) is 4.74 Å². The van der Waals surface area contributed by atoms with E-state index in [-0.39, 0.29) is 17.3 Å². The first-order valence-corrected chi connectivity index (χ1v) is 9.52. The molecule has 1 N–H and O–H groups in total. The molecule has 0 bridgehead atoms. The van der Waals surface area contributed by atoms with Crippen molar-refractivity contribution >= 4 is 5.69 Å². The summed E-state index contributed by atoms with van der Waals surface area (Å²) in [7, 11) is 0. The predicted molar refractivity (Wildman–Crippen MR) is 103 cm³/mol. The van der Waals surface area contributed by atoms with Gasteiger partial charge in [0.05, 0.1) is 6.61 Å². The monoisotopic (exact) mass is 394 g/mol. The lowest BCUT2D eigenvalue weighted by atomic mass is 10.1. The smallest absolute Gasteiger partial charge is 0.387 e. The molecule has 1 saturated heterocycles. The molecule has 0 radical (unpaired) electrons. The van der Waals surface area contributed by atoms with E-state index in [2.05, 4.69) is 15.0 Å². The Balaban J connectivity index is 1.67. The van der Waals surface area contributed by atoms with Gasteiger partial charge in [0.2, 0.25) is 0 Å². The number of rotatable bonds is 9. The van der Waals surface area contributed by atoms with E-state index in [0.29, 0.717) is 25.3 Å². The van der Waals surface area contributed by atoms with Crippen molar-refractivity contribution in [3.63, 3.8) is 0 Å². The number of nitrogens with zero attached hydrogens (tertiary/aromatic N) is 1. The van der Waals surface area contributed by atoms with Crippen LogP contribution in [-0.4, -0.2) is 26.3 Å². The first-order valence-electron chi connectivity index (χ1n) is 9.52. The fraction of sp³-hybridized carbons (Fsp3) is 0.429. The molecular weight excluding hydrogens is 369 g/mol. The van der Waals surface area contributed by atoms with Gasteiger partial charge in [-0.25, -0.2) is 4.39 Å². The van der Waals surface area contributed by atoms with Crippen molar-refractivity contribution in [3.05, 3.63) is 53.3 Å². The van der Waals surface area contributed by atoms with Crippen LogP contribution in [0.25, 0.3) is 0 Å². The number of ether oxygens (including phenoxy) is 2. The Morgan fingerprint density at radius 3 is 2.57 bits per heavy atom. The largest absolute Gasteiger partial charge is 0.490 e. The first-order chi connectivity index (χ1) is 13.6. The van der Waals surface area contributed by atoms with E-state index in [1.54, 1.807) is 25.1 Å². The molecular formula is C21H25F3N2O2. The average Bonchev–Trinajstić information content (AvgIpc) is 3.19. The molecule has 2 aromatic carbocycles. The van der Waals surface area contributed by atoms with Crippen LogP contribution >= 0.6 is 0 Å². The molecule has 0 amide bonds. The number of nitrogens with one attached hydrogen (secondary N) is 1. The maximum absolute atomic E-state index is 14.4. The van der Waals surface area contributed by atoms with E-state index >= 15 is 0 Å². The van der Waals surface area contributed by atoms with Gasteiger partial charge in [-0.2, -0.15) is 8.78 Å². The van der Waals surface area contributed by atoms with E-state index in [1.807, 2.05) is 6.07 Å². The lowest BCUT2D eigenvalue weighted by molar-refractivity contribution is -0.0514. The molecule has 3 rings (SSSR count). The third kappa shape index (κ3) is 5.10. The number of hydrogen-bond acceptors (Lipinski definition) is 4. The van der Waals surface area contributed by atoms with E-state index < -0.39 is 6.61 Å². The molecule has 152 valence electrons. The molecule has 4 nitrogen and oxygen atoms in total. The molecule has 0 saturated carbocycles. The summed E-state index contributed by atoms with van der Waals surface area (Å²) in [5.74, 6) is 0.0457. The summed E-state index contributed by atoms with van der Waals surface area (Å²) in [5.41, 5.74) is 2.41. The van der Waals surface area contributed by atoms with Crippen LogP contribution in [0.1, 0.15) is 30.9 Å². The molecule has 1 heterocycles. The van der Waals surface area contributed by atoms with Crippen molar-refractivity contribution in [2.24, 2.45) is 0 Å². The van der Waals surface area contributed by atoms with Crippen LogP contribution in [0.4, 0.5) is 18.9 Å². The van der Waals surface area contributed by atoms with E-state index in [9.17, 15) is 13.2 Å². The zero-order valence-corrected chi connectivity index (χ0v) is 15.9. The zero-order valence-electron chi connectivity index (χ0n) is 15.9. The number of hydrogen-bond donors (Lipinski definition) is 1.